The third-order valence-electron chi connectivity index (χ3n) is 3.40. The van der Waals surface area contributed by atoms with Gasteiger partial charge in [-0.3, -0.25) is 0 Å². The van der Waals surface area contributed by atoms with Crippen LogP contribution >= 0.6 is 11.6 Å². The van der Waals surface area contributed by atoms with Crippen molar-refractivity contribution in [3.63, 3.8) is 0 Å². The van der Waals surface area contributed by atoms with Crippen LogP contribution in [0, 0.1) is 0 Å². The lowest BCUT2D eigenvalue weighted by atomic mass is 10.0. The molecule has 2 N–H and O–H groups in total. The van der Waals surface area contributed by atoms with E-state index in [-0.39, 0.29) is 5.95 Å². The van der Waals surface area contributed by atoms with E-state index in [1.54, 1.807) is 6.20 Å². The van der Waals surface area contributed by atoms with Crippen molar-refractivity contribution < 1.29 is 0 Å². The quantitative estimate of drug-likeness (QED) is 0.869. The van der Waals surface area contributed by atoms with Crippen LogP contribution in [0.4, 0.5) is 11.8 Å². The number of anilines is 2. The molecular formula is C14H15ClN4. The number of hydrogen-bond acceptors (Lipinski definition) is 4. The van der Waals surface area contributed by atoms with Crippen LogP contribution in [0.5, 0.6) is 0 Å². The number of rotatable bonds is 1. The van der Waals surface area contributed by atoms with Gasteiger partial charge in [0, 0.05) is 13.1 Å². The molecule has 1 aliphatic heterocycles. The van der Waals surface area contributed by atoms with Crippen molar-refractivity contribution in [3.8, 4) is 0 Å². The minimum Gasteiger partial charge on any atom is -0.368 e. The van der Waals surface area contributed by atoms with Gasteiger partial charge in [-0.15, -0.1) is 0 Å². The number of halogens is 1. The molecule has 4 nitrogen and oxygen atoms in total. The maximum absolute atomic E-state index is 6.19. The monoisotopic (exact) mass is 274 g/mol. The molecule has 1 aromatic carbocycles. The van der Waals surface area contributed by atoms with E-state index in [1.807, 2.05) is 0 Å². The van der Waals surface area contributed by atoms with Gasteiger partial charge in [0.1, 0.15) is 5.02 Å². The molecule has 0 saturated carbocycles. The summed E-state index contributed by atoms with van der Waals surface area (Å²) in [6.45, 7) is 1.73. The zero-order valence-corrected chi connectivity index (χ0v) is 11.3. The molecule has 0 unspecified atom stereocenters. The van der Waals surface area contributed by atoms with Crippen molar-refractivity contribution >= 4 is 23.4 Å². The Bertz CT molecular complexity index is 600. The first-order valence-corrected chi connectivity index (χ1v) is 6.71. The van der Waals surface area contributed by atoms with Crippen molar-refractivity contribution in [3.05, 3.63) is 46.6 Å². The van der Waals surface area contributed by atoms with E-state index in [1.165, 1.54) is 11.1 Å². The van der Waals surface area contributed by atoms with Gasteiger partial charge in [-0.2, -0.15) is 4.98 Å². The molecule has 0 saturated heterocycles. The second kappa shape index (κ2) is 5.05. The standard InChI is InChI=1S/C14H15ClN4/c15-12-8-17-14(16)18-13(12)19-7-3-6-10-4-1-2-5-11(10)9-19/h1-2,4-5,8H,3,6-7,9H2,(H2,16,17,18). The predicted molar refractivity (Wildman–Crippen MR) is 77.3 cm³/mol. The van der Waals surface area contributed by atoms with Gasteiger partial charge in [0.15, 0.2) is 5.82 Å². The van der Waals surface area contributed by atoms with Gasteiger partial charge in [-0.05, 0) is 24.0 Å². The Labute approximate surface area is 117 Å². The third-order valence-corrected chi connectivity index (χ3v) is 3.66. The maximum atomic E-state index is 6.19. The highest BCUT2D eigenvalue weighted by Gasteiger charge is 2.18. The SMILES string of the molecule is Nc1ncc(Cl)c(N2CCCc3ccccc3C2)n1. The summed E-state index contributed by atoms with van der Waals surface area (Å²) in [5, 5.41) is 0.550. The zero-order chi connectivity index (χ0) is 13.2. The number of aryl methyl sites for hydroxylation is 1. The Morgan fingerprint density at radius 1 is 1.21 bits per heavy atom. The average Bonchev–Trinajstić information content (AvgIpc) is 2.63. The summed E-state index contributed by atoms with van der Waals surface area (Å²) < 4.78 is 0. The number of hydrogen-bond donors (Lipinski definition) is 1. The van der Waals surface area contributed by atoms with Crippen LogP contribution in [0.2, 0.25) is 5.02 Å². The number of nitrogen functional groups attached to an aromatic ring is 1. The Kier molecular flexibility index (Phi) is 3.25. The van der Waals surface area contributed by atoms with Crippen molar-refractivity contribution in [2.75, 3.05) is 17.2 Å². The molecule has 0 amide bonds. The highest BCUT2D eigenvalue weighted by Crippen LogP contribution is 2.27. The van der Waals surface area contributed by atoms with Gasteiger partial charge in [0.25, 0.3) is 0 Å². The summed E-state index contributed by atoms with van der Waals surface area (Å²) in [4.78, 5) is 10.4. The zero-order valence-electron chi connectivity index (χ0n) is 10.5. The number of fused-ring (bicyclic) bond motifs is 1. The van der Waals surface area contributed by atoms with Gasteiger partial charge >= 0.3 is 0 Å². The van der Waals surface area contributed by atoms with E-state index in [9.17, 15) is 0 Å². The van der Waals surface area contributed by atoms with Crippen molar-refractivity contribution in [1.29, 1.82) is 0 Å². The maximum Gasteiger partial charge on any atom is 0.222 e. The molecule has 0 atom stereocenters. The first-order valence-electron chi connectivity index (χ1n) is 6.34. The molecule has 0 fully saturated rings. The summed E-state index contributed by atoms with van der Waals surface area (Å²) >= 11 is 6.19. The Balaban J connectivity index is 1.96. The lowest BCUT2D eigenvalue weighted by molar-refractivity contribution is 0.754. The largest absolute Gasteiger partial charge is 0.368 e. The molecule has 0 spiro atoms. The Morgan fingerprint density at radius 3 is 2.84 bits per heavy atom. The van der Waals surface area contributed by atoms with Gasteiger partial charge in [0.2, 0.25) is 5.95 Å². The lowest BCUT2D eigenvalue weighted by Crippen LogP contribution is -2.24. The highest BCUT2D eigenvalue weighted by molar-refractivity contribution is 6.32. The molecule has 98 valence electrons. The normalized spacial score (nSPS) is 14.9. The summed E-state index contributed by atoms with van der Waals surface area (Å²) in [6.07, 6.45) is 3.73. The van der Waals surface area contributed by atoms with Crippen LogP contribution in [0.3, 0.4) is 0 Å². The third kappa shape index (κ3) is 2.49. The van der Waals surface area contributed by atoms with Crippen LogP contribution < -0.4 is 10.6 Å². The molecule has 0 aliphatic carbocycles. The van der Waals surface area contributed by atoms with Crippen molar-refractivity contribution in [2.24, 2.45) is 0 Å². The molecule has 1 aromatic heterocycles. The summed E-state index contributed by atoms with van der Waals surface area (Å²) in [5.74, 6) is 0.989. The molecule has 2 heterocycles. The van der Waals surface area contributed by atoms with E-state index in [0.717, 1.165) is 31.7 Å². The Hall–Kier alpha value is -1.81. The topological polar surface area (TPSA) is 55.0 Å². The van der Waals surface area contributed by atoms with E-state index in [2.05, 4.69) is 39.1 Å². The van der Waals surface area contributed by atoms with Crippen molar-refractivity contribution in [1.82, 2.24) is 9.97 Å². The molecule has 0 radical (unpaired) electrons. The van der Waals surface area contributed by atoms with Crippen LogP contribution in [0.1, 0.15) is 17.5 Å². The average molecular weight is 275 g/mol. The number of nitrogens with two attached hydrogens (primary N) is 1. The van der Waals surface area contributed by atoms with Crippen LogP contribution in [-0.2, 0) is 13.0 Å². The highest BCUT2D eigenvalue weighted by atomic mass is 35.5. The van der Waals surface area contributed by atoms with E-state index in [0.29, 0.717) is 5.02 Å². The van der Waals surface area contributed by atoms with E-state index in [4.69, 9.17) is 17.3 Å². The molecule has 19 heavy (non-hydrogen) atoms. The molecule has 5 heteroatoms. The molecule has 2 aromatic rings. The van der Waals surface area contributed by atoms with Gasteiger partial charge < -0.3 is 10.6 Å². The number of aromatic nitrogens is 2. The van der Waals surface area contributed by atoms with Gasteiger partial charge in [0.05, 0.1) is 6.20 Å². The fourth-order valence-corrected chi connectivity index (χ4v) is 2.69. The first-order chi connectivity index (χ1) is 9.24. The van der Waals surface area contributed by atoms with Crippen LogP contribution in [0.25, 0.3) is 0 Å². The first kappa shape index (κ1) is 12.2. The summed E-state index contributed by atoms with van der Waals surface area (Å²) in [6, 6.07) is 8.50. The minimum absolute atomic E-state index is 0.261. The van der Waals surface area contributed by atoms with Crippen LogP contribution in [-0.4, -0.2) is 16.5 Å². The fraction of sp³-hybridized carbons (Fsp3) is 0.286. The smallest absolute Gasteiger partial charge is 0.222 e. The van der Waals surface area contributed by atoms with E-state index >= 15 is 0 Å². The molecule has 1 aliphatic rings. The molecular weight excluding hydrogens is 260 g/mol. The van der Waals surface area contributed by atoms with Crippen LogP contribution in [0.15, 0.2) is 30.5 Å². The fourth-order valence-electron chi connectivity index (χ4n) is 2.47. The number of benzene rings is 1. The summed E-state index contributed by atoms with van der Waals surface area (Å²) in [5.41, 5.74) is 8.39. The van der Waals surface area contributed by atoms with E-state index < -0.39 is 0 Å². The molecule has 3 rings (SSSR count). The molecule has 0 bridgehead atoms. The summed E-state index contributed by atoms with van der Waals surface area (Å²) in [7, 11) is 0. The lowest BCUT2D eigenvalue weighted by Gasteiger charge is -2.22. The van der Waals surface area contributed by atoms with Crippen molar-refractivity contribution in [2.45, 2.75) is 19.4 Å². The Morgan fingerprint density at radius 2 is 2.00 bits per heavy atom. The van der Waals surface area contributed by atoms with Gasteiger partial charge in [-0.25, -0.2) is 4.98 Å². The second-order valence-corrected chi connectivity index (χ2v) is 5.10. The minimum atomic E-state index is 0.261. The predicted octanol–water partition coefficient (Wildman–Crippen LogP) is 2.67. The van der Waals surface area contributed by atoms with Gasteiger partial charge in [-0.1, -0.05) is 35.9 Å². The second-order valence-electron chi connectivity index (χ2n) is 4.69. The number of nitrogens with zero attached hydrogens (tertiary/aromatic N) is 3.